The number of fused-ring (bicyclic) bond motifs is 1. The molecule has 152 valence electrons. The Morgan fingerprint density at radius 1 is 1.10 bits per heavy atom. The van der Waals surface area contributed by atoms with E-state index < -0.39 is 10.0 Å². The van der Waals surface area contributed by atoms with E-state index in [-0.39, 0.29) is 5.92 Å². The van der Waals surface area contributed by atoms with Crippen LogP contribution in [0.25, 0.3) is 11.2 Å². The van der Waals surface area contributed by atoms with Gasteiger partial charge in [-0.05, 0) is 62.8 Å². The number of hydrogen-bond acceptors (Lipinski definition) is 4. The zero-order valence-electron chi connectivity index (χ0n) is 16.7. The van der Waals surface area contributed by atoms with Gasteiger partial charge in [0, 0.05) is 31.7 Å². The monoisotopic (exact) mass is 410 g/mol. The van der Waals surface area contributed by atoms with Gasteiger partial charge in [-0.3, -0.25) is 0 Å². The van der Waals surface area contributed by atoms with Gasteiger partial charge in [-0.2, -0.15) is 4.31 Å². The third-order valence-electron chi connectivity index (χ3n) is 6.06. The van der Waals surface area contributed by atoms with Crippen LogP contribution in [0.3, 0.4) is 0 Å². The molecule has 1 aliphatic carbocycles. The molecule has 29 heavy (non-hydrogen) atoms. The third-order valence-corrected chi connectivity index (χ3v) is 7.94. The first-order valence-corrected chi connectivity index (χ1v) is 11.8. The van der Waals surface area contributed by atoms with Crippen molar-refractivity contribution < 1.29 is 8.42 Å². The Balaban J connectivity index is 1.40. The lowest BCUT2D eigenvalue weighted by molar-refractivity contribution is 0.245. The molecule has 3 aromatic rings. The molecule has 0 radical (unpaired) electrons. The summed E-state index contributed by atoms with van der Waals surface area (Å²) in [5.74, 6) is 1.92. The molecule has 1 atom stereocenters. The molecule has 2 fully saturated rings. The summed E-state index contributed by atoms with van der Waals surface area (Å²) in [5, 5.41) is 0. The summed E-state index contributed by atoms with van der Waals surface area (Å²) < 4.78 is 30.2. The van der Waals surface area contributed by atoms with Gasteiger partial charge in [0.1, 0.15) is 11.3 Å². The van der Waals surface area contributed by atoms with Crippen molar-refractivity contribution >= 4 is 21.2 Å². The number of hydrogen-bond donors (Lipinski definition) is 0. The Labute approximate surface area is 171 Å². The van der Waals surface area contributed by atoms with Crippen LogP contribution in [0.15, 0.2) is 47.5 Å². The Hall–Kier alpha value is -2.25. The summed E-state index contributed by atoms with van der Waals surface area (Å²) >= 11 is 0. The number of benzene rings is 1. The van der Waals surface area contributed by atoms with Gasteiger partial charge in [0.2, 0.25) is 10.0 Å². The minimum atomic E-state index is -3.45. The van der Waals surface area contributed by atoms with Gasteiger partial charge in [0.25, 0.3) is 0 Å². The SMILES string of the molecule is Cc1ccc(S(=O)(=O)N2CCC[C@H](Cn3c(C4CC4)nc4cccnc43)C2)cc1. The Bertz CT molecular complexity index is 1130. The van der Waals surface area contributed by atoms with Gasteiger partial charge in [0.05, 0.1) is 4.90 Å². The van der Waals surface area contributed by atoms with Crippen LogP contribution < -0.4 is 0 Å². The van der Waals surface area contributed by atoms with Crippen LogP contribution in [0.1, 0.15) is 43.0 Å². The number of sulfonamides is 1. The number of aromatic nitrogens is 3. The predicted octanol–water partition coefficient (Wildman–Crippen LogP) is 3.72. The highest BCUT2D eigenvalue weighted by Crippen LogP contribution is 2.41. The molecule has 0 bridgehead atoms. The molecule has 0 unspecified atom stereocenters. The minimum absolute atomic E-state index is 0.265. The van der Waals surface area contributed by atoms with Crippen molar-refractivity contribution in [3.05, 3.63) is 54.0 Å². The first-order valence-electron chi connectivity index (χ1n) is 10.4. The summed E-state index contributed by atoms with van der Waals surface area (Å²) in [6.07, 6.45) is 6.08. The van der Waals surface area contributed by atoms with Crippen LogP contribution in [-0.2, 0) is 16.6 Å². The van der Waals surface area contributed by atoms with E-state index in [1.54, 1.807) is 16.4 Å². The van der Waals surface area contributed by atoms with Crippen LogP contribution in [0.5, 0.6) is 0 Å². The normalized spacial score (nSPS) is 20.9. The van der Waals surface area contributed by atoms with Gasteiger partial charge in [0.15, 0.2) is 5.65 Å². The number of rotatable bonds is 5. The Morgan fingerprint density at radius 2 is 1.90 bits per heavy atom. The van der Waals surface area contributed by atoms with Crippen LogP contribution in [0.4, 0.5) is 0 Å². The van der Waals surface area contributed by atoms with Crippen molar-refractivity contribution in [2.45, 2.75) is 50.0 Å². The zero-order valence-corrected chi connectivity index (χ0v) is 17.5. The molecule has 7 heteroatoms. The van der Waals surface area contributed by atoms with Crippen molar-refractivity contribution in [3.63, 3.8) is 0 Å². The van der Waals surface area contributed by atoms with E-state index in [1.165, 1.54) is 12.8 Å². The maximum atomic E-state index is 13.1. The second kappa shape index (κ2) is 7.22. The van der Waals surface area contributed by atoms with E-state index in [2.05, 4.69) is 9.55 Å². The second-order valence-electron chi connectivity index (χ2n) is 8.39. The van der Waals surface area contributed by atoms with E-state index in [1.807, 2.05) is 37.4 Å². The molecule has 3 heterocycles. The number of pyridine rings is 1. The molecule has 0 amide bonds. The van der Waals surface area contributed by atoms with E-state index in [4.69, 9.17) is 4.98 Å². The van der Waals surface area contributed by atoms with E-state index in [9.17, 15) is 8.42 Å². The molecule has 1 aromatic carbocycles. The van der Waals surface area contributed by atoms with Crippen LogP contribution in [-0.4, -0.2) is 40.3 Å². The maximum absolute atomic E-state index is 13.1. The fraction of sp³-hybridized carbons (Fsp3) is 0.455. The minimum Gasteiger partial charge on any atom is -0.312 e. The average Bonchev–Trinajstić information content (AvgIpc) is 3.51. The standard InChI is InChI=1S/C22H26N4O2S/c1-16-6-10-19(11-7-16)29(27,28)25-13-3-4-17(14-25)15-26-21(18-8-9-18)24-20-5-2-12-23-22(20)26/h2,5-7,10-12,17-18H,3-4,8-9,13-15H2,1H3/t17-/m0/s1. The lowest BCUT2D eigenvalue weighted by atomic mass is 9.99. The summed E-state index contributed by atoms with van der Waals surface area (Å²) in [4.78, 5) is 9.79. The van der Waals surface area contributed by atoms with E-state index in [0.29, 0.717) is 23.9 Å². The quantitative estimate of drug-likeness (QED) is 0.643. The highest BCUT2D eigenvalue weighted by Gasteiger charge is 2.33. The first kappa shape index (κ1) is 18.8. The highest BCUT2D eigenvalue weighted by atomic mass is 32.2. The summed E-state index contributed by atoms with van der Waals surface area (Å²) in [7, 11) is -3.45. The molecule has 1 aliphatic heterocycles. The number of imidazole rings is 1. The molecule has 0 spiro atoms. The average molecular weight is 411 g/mol. The highest BCUT2D eigenvalue weighted by molar-refractivity contribution is 7.89. The molecule has 5 rings (SSSR count). The first-order chi connectivity index (χ1) is 14.0. The molecule has 2 aromatic heterocycles. The van der Waals surface area contributed by atoms with Gasteiger partial charge < -0.3 is 4.57 Å². The van der Waals surface area contributed by atoms with E-state index >= 15 is 0 Å². The molecule has 1 saturated carbocycles. The Morgan fingerprint density at radius 3 is 2.66 bits per heavy atom. The molecular formula is C22H26N4O2S. The lowest BCUT2D eigenvalue weighted by Gasteiger charge is -2.32. The van der Waals surface area contributed by atoms with Crippen molar-refractivity contribution in [2.75, 3.05) is 13.1 Å². The molecule has 2 aliphatic rings. The summed E-state index contributed by atoms with van der Waals surface area (Å²) in [6.45, 7) is 3.88. The zero-order chi connectivity index (χ0) is 20.0. The van der Waals surface area contributed by atoms with E-state index in [0.717, 1.165) is 41.9 Å². The number of piperidine rings is 1. The number of aryl methyl sites for hydroxylation is 1. The maximum Gasteiger partial charge on any atom is 0.243 e. The lowest BCUT2D eigenvalue weighted by Crippen LogP contribution is -2.41. The molecule has 1 saturated heterocycles. The fourth-order valence-corrected chi connectivity index (χ4v) is 5.88. The van der Waals surface area contributed by atoms with Crippen molar-refractivity contribution in [3.8, 4) is 0 Å². The predicted molar refractivity (Wildman–Crippen MR) is 112 cm³/mol. The summed E-state index contributed by atoms with van der Waals surface area (Å²) in [6, 6.07) is 11.1. The number of nitrogens with zero attached hydrogens (tertiary/aromatic N) is 4. The largest absolute Gasteiger partial charge is 0.312 e. The van der Waals surface area contributed by atoms with Crippen LogP contribution in [0.2, 0.25) is 0 Å². The van der Waals surface area contributed by atoms with Crippen molar-refractivity contribution in [1.29, 1.82) is 0 Å². The second-order valence-corrected chi connectivity index (χ2v) is 10.3. The fourth-order valence-electron chi connectivity index (χ4n) is 4.32. The van der Waals surface area contributed by atoms with Gasteiger partial charge in [-0.25, -0.2) is 18.4 Å². The van der Waals surface area contributed by atoms with Gasteiger partial charge in [-0.15, -0.1) is 0 Å². The van der Waals surface area contributed by atoms with Crippen LogP contribution in [0, 0.1) is 12.8 Å². The molecule has 6 nitrogen and oxygen atoms in total. The molecule has 0 N–H and O–H groups in total. The smallest absolute Gasteiger partial charge is 0.243 e. The Kier molecular flexibility index (Phi) is 4.67. The topological polar surface area (TPSA) is 68.1 Å². The van der Waals surface area contributed by atoms with Crippen molar-refractivity contribution in [1.82, 2.24) is 18.8 Å². The van der Waals surface area contributed by atoms with Crippen LogP contribution >= 0.6 is 0 Å². The van der Waals surface area contributed by atoms with Crippen molar-refractivity contribution in [2.24, 2.45) is 5.92 Å². The van der Waals surface area contributed by atoms with Gasteiger partial charge in [-0.1, -0.05) is 17.7 Å². The summed E-state index contributed by atoms with van der Waals surface area (Å²) in [5.41, 5.74) is 2.93. The van der Waals surface area contributed by atoms with Gasteiger partial charge >= 0.3 is 0 Å². The molecular weight excluding hydrogens is 384 g/mol. The third kappa shape index (κ3) is 3.57.